The van der Waals surface area contributed by atoms with E-state index >= 15 is 0 Å². The first-order valence-corrected chi connectivity index (χ1v) is 8.80. The Morgan fingerprint density at radius 3 is 2.96 bits per heavy atom. The number of aryl methyl sites for hydroxylation is 1. The molecule has 24 heavy (non-hydrogen) atoms. The molecule has 0 saturated carbocycles. The molecule has 2 N–H and O–H groups in total. The van der Waals surface area contributed by atoms with Crippen LogP contribution in [0.3, 0.4) is 0 Å². The summed E-state index contributed by atoms with van der Waals surface area (Å²) in [5, 5.41) is 0.857. The van der Waals surface area contributed by atoms with Crippen LogP contribution in [0.2, 0.25) is 0 Å². The first-order valence-electron chi connectivity index (χ1n) is 7.98. The van der Waals surface area contributed by atoms with Gasteiger partial charge in [0.05, 0.1) is 17.9 Å². The van der Waals surface area contributed by atoms with Crippen molar-refractivity contribution < 1.29 is 14.3 Å². The number of hydrogen-bond donors (Lipinski definition) is 1. The van der Waals surface area contributed by atoms with Crippen molar-refractivity contribution in [2.24, 2.45) is 11.7 Å². The number of anilines is 1. The van der Waals surface area contributed by atoms with Gasteiger partial charge in [-0.3, -0.25) is 4.79 Å². The van der Waals surface area contributed by atoms with E-state index in [0.717, 1.165) is 41.0 Å². The molecule has 1 aliphatic rings. The van der Waals surface area contributed by atoms with Crippen LogP contribution in [0.4, 0.5) is 5.82 Å². The fourth-order valence-corrected chi connectivity index (χ4v) is 4.12. The molecule has 1 saturated heterocycles. The Kier molecular flexibility index (Phi) is 4.66. The van der Waals surface area contributed by atoms with E-state index in [0.29, 0.717) is 18.0 Å². The molecule has 128 valence electrons. The van der Waals surface area contributed by atoms with Crippen LogP contribution in [0.1, 0.15) is 35.0 Å². The molecule has 0 unspecified atom stereocenters. The third-order valence-corrected chi connectivity index (χ3v) is 5.47. The fourth-order valence-electron chi connectivity index (χ4n) is 3.09. The van der Waals surface area contributed by atoms with Gasteiger partial charge in [-0.1, -0.05) is 0 Å². The number of primary amides is 1. The van der Waals surface area contributed by atoms with Gasteiger partial charge in [0.25, 0.3) is 0 Å². The molecule has 1 atom stereocenters. The zero-order chi connectivity index (χ0) is 17.3. The third kappa shape index (κ3) is 2.93. The Hall–Kier alpha value is -2.22. The number of amides is 1. The van der Waals surface area contributed by atoms with Gasteiger partial charge in [0.15, 0.2) is 0 Å². The maximum Gasteiger partial charge on any atom is 0.348 e. The van der Waals surface area contributed by atoms with Gasteiger partial charge in [0, 0.05) is 13.1 Å². The number of carbonyl (C=O) groups excluding carboxylic acids is 2. The molecule has 1 amide bonds. The van der Waals surface area contributed by atoms with Crippen LogP contribution in [0.25, 0.3) is 10.2 Å². The van der Waals surface area contributed by atoms with Gasteiger partial charge >= 0.3 is 5.97 Å². The number of ether oxygens (including phenoxy) is 1. The third-order valence-electron chi connectivity index (χ3n) is 4.29. The number of thiophene rings is 1. The van der Waals surface area contributed by atoms with Crippen molar-refractivity contribution in [3.63, 3.8) is 0 Å². The summed E-state index contributed by atoms with van der Waals surface area (Å²) >= 11 is 1.31. The predicted molar refractivity (Wildman–Crippen MR) is 92.2 cm³/mol. The van der Waals surface area contributed by atoms with E-state index < -0.39 is 0 Å². The zero-order valence-corrected chi connectivity index (χ0v) is 14.6. The lowest BCUT2D eigenvalue weighted by Crippen LogP contribution is -2.41. The van der Waals surface area contributed by atoms with Crippen molar-refractivity contribution in [2.45, 2.75) is 26.7 Å². The highest BCUT2D eigenvalue weighted by atomic mass is 32.1. The van der Waals surface area contributed by atoms with Crippen molar-refractivity contribution >= 4 is 39.2 Å². The van der Waals surface area contributed by atoms with Crippen molar-refractivity contribution in [2.75, 3.05) is 24.6 Å². The molecule has 3 rings (SSSR count). The first kappa shape index (κ1) is 16.6. The number of piperidine rings is 1. The predicted octanol–water partition coefficient (Wildman–Crippen LogP) is 1.88. The second-order valence-corrected chi connectivity index (χ2v) is 6.84. The molecule has 2 aromatic heterocycles. The van der Waals surface area contributed by atoms with Gasteiger partial charge in [-0.2, -0.15) is 0 Å². The average Bonchev–Trinajstić information content (AvgIpc) is 2.92. The quantitative estimate of drug-likeness (QED) is 0.847. The summed E-state index contributed by atoms with van der Waals surface area (Å²) in [5.74, 6) is -0.0284. The summed E-state index contributed by atoms with van der Waals surface area (Å²) in [6.07, 6.45) is 3.18. The highest BCUT2D eigenvalue weighted by Crippen LogP contribution is 2.36. The Bertz CT molecular complexity index is 789. The molecule has 2 aromatic rings. The minimum Gasteiger partial charge on any atom is -0.462 e. The smallest absolute Gasteiger partial charge is 0.348 e. The molecule has 1 aliphatic heterocycles. The second kappa shape index (κ2) is 6.72. The SMILES string of the molecule is CCOC(=O)c1sc2ncnc(N3CCC[C@@H](C(N)=O)C3)c2c1C. The maximum atomic E-state index is 12.1. The summed E-state index contributed by atoms with van der Waals surface area (Å²) < 4.78 is 5.12. The molecule has 0 spiro atoms. The minimum atomic E-state index is -0.336. The Morgan fingerprint density at radius 2 is 2.25 bits per heavy atom. The van der Waals surface area contributed by atoms with Crippen molar-refractivity contribution in [1.29, 1.82) is 0 Å². The highest BCUT2D eigenvalue weighted by Gasteiger charge is 2.28. The van der Waals surface area contributed by atoms with Crippen LogP contribution in [-0.4, -0.2) is 41.5 Å². The molecule has 1 fully saturated rings. The van der Waals surface area contributed by atoms with E-state index in [1.807, 2.05) is 6.92 Å². The summed E-state index contributed by atoms with van der Waals surface area (Å²) in [6, 6.07) is 0. The number of aromatic nitrogens is 2. The summed E-state index contributed by atoms with van der Waals surface area (Å²) in [7, 11) is 0. The standard InChI is InChI=1S/C16H20N4O3S/c1-3-23-16(22)12-9(2)11-14(18-8-19-15(11)24-12)20-6-4-5-10(7-20)13(17)21/h8,10H,3-7H2,1-2H3,(H2,17,21)/t10-/m1/s1. The van der Waals surface area contributed by atoms with Crippen molar-refractivity contribution in [3.8, 4) is 0 Å². The topological polar surface area (TPSA) is 98.4 Å². The van der Waals surface area contributed by atoms with Gasteiger partial charge in [-0.05, 0) is 32.3 Å². The molecule has 7 nitrogen and oxygen atoms in total. The van der Waals surface area contributed by atoms with Gasteiger partial charge in [0.1, 0.15) is 21.9 Å². The molecule has 0 radical (unpaired) electrons. The van der Waals surface area contributed by atoms with E-state index in [1.165, 1.54) is 17.7 Å². The number of rotatable bonds is 4. The number of nitrogens with two attached hydrogens (primary N) is 1. The first-order chi connectivity index (χ1) is 11.5. The summed E-state index contributed by atoms with van der Waals surface area (Å²) in [5.41, 5.74) is 6.29. The van der Waals surface area contributed by atoms with Gasteiger partial charge in [0.2, 0.25) is 5.91 Å². The number of hydrogen-bond acceptors (Lipinski definition) is 7. The number of fused-ring (bicyclic) bond motifs is 1. The van der Waals surface area contributed by atoms with Crippen molar-refractivity contribution in [3.05, 3.63) is 16.8 Å². The Balaban J connectivity index is 2.02. The second-order valence-electron chi connectivity index (χ2n) is 5.84. The molecular weight excluding hydrogens is 328 g/mol. The molecule has 8 heteroatoms. The van der Waals surface area contributed by atoms with E-state index in [2.05, 4.69) is 14.9 Å². The molecule has 3 heterocycles. The zero-order valence-electron chi connectivity index (χ0n) is 13.7. The van der Waals surface area contributed by atoms with E-state index in [-0.39, 0.29) is 17.8 Å². The molecule has 0 bridgehead atoms. The molecular formula is C16H20N4O3S. The number of nitrogens with zero attached hydrogens (tertiary/aromatic N) is 3. The van der Waals surface area contributed by atoms with Crippen LogP contribution >= 0.6 is 11.3 Å². The maximum absolute atomic E-state index is 12.1. The normalized spacial score (nSPS) is 17.9. The van der Waals surface area contributed by atoms with Gasteiger partial charge in [-0.15, -0.1) is 11.3 Å². The fraction of sp³-hybridized carbons (Fsp3) is 0.500. The van der Waals surface area contributed by atoms with Gasteiger partial charge < -0.3 is 15.4 Å². The van der Waals surface area contributed by atoms with E-state index in [1.54, 1.807) is 6.92 Å². The summed E-state index contributed by atoms with van der Waals surface area (Å²) in [6.45, 7) is 5.35. The Morgan fingerprint density at radius 1 is 1.46 bits per heavy atom. The Labute approximate surface area is 143 Å². The van der Waals surface area contributed by atoms with Crippen LogP contribution in [0.5, 0.6) is 0 Å². The van der Waals surface area contributed by atoms with Crippen LogP contribution in [0, 0.1) is 12.8 Å². The summed E-state index contributed by atoms with van der Waals surface area (Å²) in [4.78, 5) is 35.7. The minimum absolute atomic E-state index is 0.174. The lowest BCUT2D eigenvalue weighted by atomic mass is 9.97. The highest BCUT2D eigenvalue weighted by molar-refractivity contribution is 7.20. The largest absolute Gasteiger partial charge is 0.462 e. The number of carbonyl (C=O) groups is 2. The van der Waals surface area contributed by atoms with Crippen LogP contribution in [0.15, 0.2) is 6.33 Å². The molecule has 0 aromatic carbocycles. The van der Waals surface area contributed by atoms with E-state index in [4.69, 9.17) is 10.5 Å². The lowest BCUT2D eigenvalue weighted by Gasteiger charge is -2.32. The number of esters is 1. The molecule has 0 aliphatic carbocycles. The van der Waals surface area contributed by atoms with Crippen LogP contribution in [-0.2, 0) is 9.53 Å². The van der Waals surface area contributed by atoms with Crippen molar-refractivity contribution in [1.82, 2.24) is 9.97 Å². The van der Waals surface area contributed by atoms with E-state index in [9.17, 15) is 9.59 Å². The lowest BCUT2D eigenvalue weighted by molar-refractivity contribution is -0.122. The monoisotopic (exact) mass is 348 g/mol. The van der Waals surface area contributed by atoms with Crippen LogP contribution < -0.4 is 10.6 Å². The average molecular weight is 348 g/mol. The van der Waals surface area contributed by atoms with Gasteiger partial charge in [-0.25, -0.2) is 14.8 Å².